The number of nitrogens with zero attached hydrogens (tertiary/aromatic N) is 2. The van der Waals surface area contributed by atoms with Gasteiger partial charge in [0.05, 0.1) is 0 Å². The van der Waals surface area contributed by atoms with E-state index >= 15 is 0 Å². The lowest BCUT2D eigenvalue weighted by molar-refractivity contribution is -0.115. The zero-order valence-electron chi connectivity index (χ0n) is 14.7. The number of amides is 2. The molecule has 6 heteroatoms. The molecule has 2 amide bonds. The Morgan fingerprint density at radius 2 is 1.58 bits per heavy atom. The topological polar surface area (TPSA) is 52.7 Å². The number of hydrogen-bond acceptors (Lipinski definition) is 3. The fourth-order valence-electron chi connectivity index (χ4n) is 2.95. The van der Waals surface area contributed by atoms with Crippen LogP contribution in [0.4, 0.5) is 15.8 Å². The first-order chi connectivity index (χ1) is 12.6. The summed E-state index contributed by atoms with van der Waals surface area (Å²) in [6.07, 6.45) is 0.416. The van der Waals surface area contributed by atoms with Crippen LogP contribution in [0.5, 0.6) is 0 Å². The molecule has 3 rings (SSSR count). The van der Waals surface area contributed by atoms with Gasteiger partial charge in [-0.1, -0.05) is 6.92 Å². The molecule has 1 heterocycles. The third kappa shape index (κ3) is 4.20. The Labute approximate surface area is 152 Å². The molecule has 0 bridgehead atoms. The Hall–Kier alpha value is -2.89. The van der Waals surface area contributed by atoms with Crippen LogP contribution in [-0.2, 0) is 4.79 Å². The van der Waals surface area contributed by atoms with Crippen molar-refractivity contribution >= 4 is 23.2 Å². The molecule has 0 saturated carbocycles. The number of anilines is 2. The van der Waals surface area contributed by atoms with E-state index in [1.165, 1.54) is 12.1 Å². The normalized spacial score (nSPS) is 14.2. The van der Waals surface area contributed by atoms with Gasteiger partial charge in [-0.05, 0) is 48.5 Å². The fourth-order valence-corrected chi connectivity index (χ4v) is 2.95. The van der Waals surface area contributed by atoms with E-state index in [1.54, 1.807) is 43.3 Å². The average Bonchev–Trinajstić information content (AvgIpc) is 2.68. The summed E-state index contributed by atoms with van der Waals surface area (Å²) in [5.41, 5.74) is 2.26. The third-order valence-electron chi connectivity index (χ3n) is 4.50. The van der Waals surface area contributed by atoms with Crippen molar-refractivity contribution in [3.05, 3.63) is 59.9 Å². The summed E-state index contributed by atoms with van der Waals surface area (Å²) in [7, 11) is 0. The lowest BCUT2D eigenvalue weighted by atomic mass is 10.1. The van der Waals surface area contributed by atoms with E-state index in [2.05, 4.69) is 10.2 Å². The van der Waals surface area contributed by atoms with Crippen molar-refractivity contribution in [3.8, 4) is 0 Å². The monoisotopic (exact) mass is 355 g/mol. The number of nitrogens with one attached hydrogen (secondary N) is 1. The molecule has 5 nitrogen and oxygen atoms in total. The predicted molar refractivity (Wildman–Crippen MR) is 99.9 cm³/mol. The molecule has 1 fully saturated rings. The van der Waals surface area contributed by atoms with Crippen molar-refractivity contribution in [3.63, 3.8) is 0 Å². The van der Waals surface area contributed by atoms with Gasteiger partial charge in [0.1, 0.15) is 5.82 Å². The zero-order valence-corrected chi connectivity index (χ0v) is 14.7. The molecule has 1 N–H and O–H groups in total. The molecule has 0 spiro atoms. The van der Waals surface area contributed by atoms with Crippen LogP contribution in [-0.4, -0.2) is 42.9 Å². The number of halogens is 1. The molecular weight excluding hydrogens is 333 g/mol. The van der Waals surface area contributed by atoms with E-state index in [0.717, 1.165) is 5.69 Å². The Kier molecular flexibility index (Phi) is 5.51. The van der Waals surface area contributed by atoms with Gasteiger partial charge >= 0.3 is 0 Å². The Morgan fingerprint density at radius 3 is 2.15 bits per heavy atom. The van der Waals surface area contributed by atoms with Gasteiger partial charge in [-0.2, -0.15) is 0 Å². The summed E-state index contributed by atoms with van der Waals surface area (Å²) >= 11 is 0. The number of rotatable bonds is 4. The van der Waals surface area contributed by atoms with Crippen LogP contribution in [0.25, 0.3) is 0 Å². The molecular formula is C20H22FN3O2. The highest BCUT2D eigenvalue weighted by atomic mass is 19.1. The van der Waals surface area contributed by atoms with Gasteiger partial charge in [-0.15, -0.1) is 0 Å². The summed E-state index contributed by atoms with van der Waals surface area (Å²) in [5, 5.41) is 2.77. The van der Waals surface area contributed by atoms with Gasteiger partial charge in [-0.25, -0.2) is 4.39 Å². The summed E-state index contributed by atoms with van der Waals surface area (Å²) in [4.78, 5) is 28.0. The Balaban J connectivity index is 1.58. The van der Waals surface area contributed by atoms with E-state index in [4.69, 9.17) is 0 Å². The minimum Gasteiger partial charge on any atom is -0.368 e. The molecule has 0 aromatic heterocycles. The summed E-state index contributed by atoms with van der Waals surface area (Å²) < 4.78 is 13.0. The standard InChI is InChI=1S/C20H22FN3O2/c1-2-19(25)22-17-7-3-15(4-8-17)20(26)24-13-11-23(12-14-24)18-9-5-16(21)6-10-18/h3-10H,2,11-14H2,1H3,(H,22,25). The second-order valence-corrected chi connectivity index (χ2v) is 6.23. The SMILES string of the molecule is CCC(=O)Nc1ccc(C(=O)N2CCN(c3ccc(F)cc3)CC2)cc1. The number of carbonyl (C=O) groups is 2. The highest BCUT2D eigenvalue weighted by Crippen LogP contribution is 2.18. The first-order valence-corrected chi connectivity index (χ1v) is 8.76. The van der Waals surface area contributed by atoms with Gasteiger partial charge in [0.25, 0.3) is 5.91 Å². The maximum Gasteiger partial charge on any atom is 0.253 e. The largest absolute Gasteiger partial charge is 0.368 e. The van der Waals surface area contributed by atoms with Gasteiger partial charge in [0.15, 0.2) is 0 Å². The number of carbonyl (C=O) groups excluding carboxylic acids is 2. The summed E-state index contributed by atoms with van der Waals surface area (Å²) in [6.45, 7) is 4.44. The van der Waals surface area contributed by atoms with E-state index in [0.29, 0.717) is 43.9 Å². The van der Waals surface area contributed by atoms with Crippen LogP contribution < -0.4 is 10.2 Å². The van der Waals surface area contributed by atoms with Crippen LogP contribution >= 0.6 is 0 Å². The van der Waals surface area contributed by atoms with Crippen molar-refractivity contribution in [1.82, 2.24) is 4.90 Å². The third-order valence-corrected chi connectivity index (χ3v) is 4.50. The number of piperazine rings is 1. The molecule has 0 radical (unpaired) electrons. The van der Waals surface area contributed by atoms with E-state index in [-0.39, 0.29) is 17.6 Å². The molecule has 0 aliphatic carbocycles. The lowest BCUT2D eigenvalue weighted by Crippen LogP contribution is -2.48. The minimum atomic E-state index is -0.249. The van der Waals surface area contributed by atoms with Gasteiger partial charge in [-0.3, -0.25) is 9.59 Å². The highest BCUT2D eigenvalue weighted by Gasteiger charge is 2.22. The quantitative estimate of drug-likeness (QED) is 0.917. The molecule has 1 aliphatic rings. The minimum absolute atomic E-state index is 0.0166. The van der Waals surface area contributed by atoms with Crippen molar-refractivity contribution < 1.29 is 14.0 Å². The molecule has 0 unspecified atom stereocenters. The van der Waals surface area contributed by atoms with Crippen LogP contribution in [0.15, 0.2) is 48.5 Å². The molecule has 2 aromatic rings. The number of hydrogen-bond donors (Lipinski definition) is 1. The van der Waals surface area contributed by atoms with Crippen LogP contribution in [0, 0.1) is 5.82 Å². The molecule has 2 aromatic carbocycles. The Bertz CT molecular complexity index is 767. The van der Waals surface area contributed by atoms with E-state index < -0.39 is 0 Å². The maximum absolute atomic E-state index is 13.0. The second-order valence-electron chi connectivity index (χ2n) is 6.23. The van der Waals surface area contributed by atoms with Gasteiger partial charge < -0.3 is 15.1 Å². The molecule has 26 heavy (non-hydrogen) atoms. The smallest absolute Gasteiger partial charge is 0.253 e. The van der Waals surface area contributed by atoms with Crippen molar-refractivity contribution in [2.45, 2.75) is 13.3 Å². The number of benzene rings is 2. The van der Waals surface area contributed by atoms with E-state index in [9.17, 15) is 14.0 Å². The first kappa shape index (κ1) is 17.9. The van der Waals surface area contributed by atoms with Crippen LogP contribution in [0.3, 0.4) is 0 Å². The summed E-state index contributed by atoms with van der Waals surface area (Å²) in [5.74, 6) is -0.320. The summed E-state index contributed by atoms with van der Waals surface area (Å²) in [6, 6.07) is 13.4. The first-order valence-electron chi connectivity index (χ1n) is 8.76. The van der Waals surface area contributed by atoms with Crippen LogP contribution in [0.2, 0.25) is 0 Å². The van der Waals surface area contributed by atoms with Crippen LogP contribution in [0.1, 0.15) is 23.7 Å². The Morgan fingerprint density at radius 1 is 0.962 bits per heavy atom. The zero-order chi connectivity index (χ0) is 18.5. The van der Waals surface area contributed by atoms with Gasteiger partial charge in [0, 0.05) is 49.5 Å². The van der Waals surface area contributed by atoms with E-state index in [1.807, 2.05) is 4.90 Å². The van der Waals surface area contributed by atoms with Gasteiger partial charge in [0.2, 0.25) is 5.91 Å². The second kappa shape index (κ2) is 7.99. The molecule has 0 atom stereocenters. The lowest BCUT2D eigenvalue weighted by Gasteiger charge is -2.36. The molecule has 136 valence electrons. The average molecular weight is 355 g/mol. The maximum atomic E-state index is 13.0. The van der Waals surface area contributed by atoms with Crippen molar-refractivity contribution in [2.75, 3.05) is 36.4 Å². The molecule has 1 aliphatic heterocycles. The molecule has 1 saturated heterocycles. The van der Waals surface area contributed by atoms with Crippen molar-refractivity contribution in [2.24, 2.45) is 0 Å². The highest BCUT2D eigenvalue weighted by molar-refractivity contribution is 5.96. The fraction of sp³-hybridized carbons (Fsp3) is 0.300. The van der Waals surface area contributed by atoms with Crippen molar-refractivity contribution in [1.29, 1.82) is 0 Å². The predicted octanol–water partition coefficient (Wildman–Crippen LogP) is 3.14.